The number of rotatable bonds is 4. The molecule has 1 aliphatic heterocycles. The third-order valence-electron chi connectivity index (χ3n) is 6.23. The average Bonchev–Trinajstić information content (AvgIpc) is 2.86. The molecule has 1 fully saturated rings. The number of piperazine rings is 1. The number of fused-ring (bicyclic) bond motifs is 2. The number of carbonyl (C=O) groups is 1. The fourth-order valence-corrected chi connectivity index (χ4v) is 4.48. The van der Waals surface area contributed by atoms with Crippen LogP contribution in [-0.4, -0.2) is 46.5 Å². The zero-order valence-corrected chi connectivity index (χ0v) is 17.9. The minimum absolute atomic E-state index is 0.00250. The molecule has 8 nitrogen and oxygen atoms in total. The molecule has 0 saturated carbocycles. The Hall–Kier alpha value is -4.20. The van der Waals surface area contributed by atoms with Crippen LogP contribution in [-0.2, 0) is 11.3 Å². The first-order valence-corrected chi connectivity index (χ1v) is 10.8. The second-order valence-corrected chi connectivity index (χ2v) is 8.09. The molecule has 3 aromatic carbocycles. The van der Waals surface area contributed by atoms with Gasteiger partial charge in [0.15, 0.2) is 5.43 Å². The molecule has 0 aliphatic carbocycles. The van der Waals surface area contributed by atoms with Gasteiger partial charge in [-0.05, 0) is 36.4 Å². The summed E-state index contributed by atoms with van der Waals surface area (Å²) in [5, 5.41) is 12.1. The molecule has 2 heterocycles. The van der Waals surface area contributed by atoms with Gasteiger partial charge in [-0.25, -0.2) is 0 Å². The van der Waals surface area contributed by atoms with Gasteiger partial charge in [-0.1, -0.05) is 24.3 Å². The lowest BCUT2D eigenvalue weighted by Crippen LogP contribution is -2.49. The molecule has 1 aliphatic rings. The highest BCUT2D eigenvalue weighted by molar-refractivity contribution is 5.94. The summed E-state index contributed by atoms with van der Waals surface area (Å²) >= 11 is 0. The highest BCUT2D eigenvalue weighted by Gasteiger charge is 2.23. The van der Waals surface area contributed by atoms with Crippen LogP contribution in [0.5, 0.6) is 0 Å². The van der Waals surface area contributed by atoms with Gasteiger partial charge in [0.05, 0.1) is 16.0 Å². The maximum atomic E-state index is 13.2. The van der Waals surface area contributed by atoms with Crippen molar-refractivity contribution in [2.24, 2.45) is 0 Å². The molecular weight excluding hydrogens is 420 g/mol. The third kappa shape index (κ3) is 3.80. The molecule has 8 heteroatoms. The lowest BCUT2D eigenvalue weighted by molar-refractivity contribution is -0.384. The zero-order chi connectivity index (χ0) is 22.9. The monoisotopic (exact) mass is 442 g/mol. The summed E-state index contributed by atoms with van der Waals surface area (Å²) in [6.45, 7) is 2.57. The number of nitro benzene ring substituents is 1. The van der Waals surface area contributed by atoms with Crippen LogP contribution in [0.4, 0.5) is 11.4 Å². The first-order chi connectivity index (χ1) is 16.0. The number of anilines is 1. The summed E-state index contributed by atoms with van der Waals surface area (Å²) in [5.74, 6) is -0.00250. The van der Waals surface area contributed by atoms with E-state index < -0.39 is 4.92 Å². The number of non-ortho nitro benzene ring substituents is 1. The number of nitro groups is 1. The van der Waals surface area contributed by atoms with Crippen LogP contribution >= 0.6 is 0 Å². The maximum absolute atomic E-state index is 13.2. The third-order valence-corrected chi connectivity index (χ3v) is 6.23. The van der Waals surface area contributed by atoms with E-state index in [1.54, 1.807) is 24.3 Å². The quantitative estimate of drug-likeness (QED) is 0.275. The van der Waals surface area contributed by atoms with Gasteiger partial charge in [0.1, 0.15) is 6.54 Å². The van der Waals surface area contributed by atoms with Crippen molar-refractivity contribution in [1.82, 2.24) is 9.47 Å². The maximum Gasteiger partial charge on any atom is 0.269 e. The first kappa shape index (κ1) is 20.7. The molecule has 1 aromatic heterocycles. The Kier molecular flexibility index (Phi) is 5.26. The fraction of sp³-hybridized carbons (Fsp3) is 0.200. The largest absolute Gasteiger partial charge is 0.368 e. The van der Waals surface area contributed by atoms with Gasteiger partial charge in [0.2, 0.25) is 5.91 Å². The summed E-state index contributed by atoms with van der Waals surface area (Å²) < 4.78 is 1.93. The molecule has 0 radical (unpaired) electrons. The number of amides is 1. The van der Waals surface area contributed by atoms with E-state index in [0.717, 1.165) is 16.7 Å². The van der Waals surface area contributed by atoms with Crippen LogP contribution in [0.3, 0.4) is 0 Å². The standard InChI is InChI=1S/C25H22N4O4/c30-24(27-15-13-26(14-16-27)18-9-11-19(12-10-18)29(32)33)17-28-22-7-3-1-5-20(22)25(31)21-6-2-4-8-23(21)28/h1-12H,13-17H2. The van der Waals surface area contributed by atoms with Crippen molar-refractivity contribution in [3.05, 3.63) is 93.1 Å². The molecular formula is C25H22N4O4. The van der Waals surface area contributed by atoms with E-state index in [2.05, 4.69) is 4.90 Å². The predicted molar refractivity (Wildman–Crippen MR) is 128 cm³/mol. The molecule has 0 bridgehead atoms. The highest BCUT2D eigenvalue weighted by atomic mass is 16.6. The summed E-state index contributed by atoms with van der Waals surface area (Å²) in [4.78, 5) is 40.6. The van der Waals surface area contributed by atoms with Crippen LogP contribution in [0, 0.1) is 10.1 Å². The van der Waals surface area contributed by atoms with Gasteiger partial charge in [-0.15, -0.1) is 0 Å². The molecule has 1 amide bonds. The Morgan fingerprint density at radius 1 is 0.818 bits per heavy atom. The Balaban J connectivity index is 1.36. The van der Waals surface area contributed by atoms with Crippen LogP contribution in [0.15, 0.2) is 77.6 Å². The van der Waals surface area contributed by atoms with Crippen molar-refractivity contribution < 1.29 is 9.72 Å². The van der Waals surface area contributed by atoms with E-state index in [0.29, 0.717) is 37.0 Å². The van der Waals surface area contributed by atoms with Gasteiger partial charge in [-0.2, -0.15) is 0 Å². The second-order valence-electron chi connectivity index (χ2n) is 8.09. The summed E-state index contributed by atoms with van der Waals surface area (Å²) in [7, 11) is 0. The van der Waals surface area contributed by atoms with E-state index in [1.807, 2.05) is 45.9 Å². The minimum Gasteiger partial charge on any atom is -0.368 e. The van der Waals surface area contributed by atoms with Gasteiger partial charge in [0, 0.05) is 54.8 Å². The van der Waals surface area contributed by atoms with E-state index >= 15 is 0 Å². The van der Waals surface area contributed by atoms with E-state index in [-0.39, 0.29) is 23.6 Å². The topological polar surface area (TPSA) is 88.7 Å². The zero-order valence-electron chi connectivity index (χ0n) is 17.9. The van der Waals surface area contributed by atoms with Gasteiger partial charge in [0.25, 0.3) is 5.69 Å². The summed E-state index contributed by atoms with van der Waals surface area (Å²) in [6, 6.07) is 21.3. The average molecular weight is 442 g/mol. The number of carbonyl (C=O) groups excluding carboxylic acids is 1. The number of hydrogen-bond donors (Lipinski definition) is 0. The van der Waals surface area contributed by atoms with Crippen molar-refractivity contribution in [2.45, 2.75) is 6.54 Å². The molecule has 33 heavy (non-hydrogen) atoms. The van der Waals surface area contributed by atoms with E-state index in [9.17, 15) is 19.7 Å². The normalized spacial score (nSPS) is 14.1. The van der Waals surface area contributed by atoms with Gasteiger partial charge < -0.3 is 14.4 Å². The fourth-order valence-electron chi connectivity index (χ4n) is 4.48. The molecule has 4 aromatic rings. The van der Waals surface area contributed by atoms with E-state index in [4.69, 9.17) is 0 Å². The molecule has 0 N–H and O–H groups in total. The van der Waals surface area contributed by atoms with Crippen molar-refractivity contribution in [3.8, 4) is 0 Å². The smallest absolute Gasteiger partial charge is 0.269 e. The number of hydrogen-bond acceptors (Lipinski definition) is 5. The Bertz CT molecular complexity index is 1360. The Morgan fingerprint density at radius 2 is 1.36 bits per heavy atom. The van der Waals surface area contributed by atoms with Gasteiger partial charge in [-0.3, -0.25) is 19.7 Å². The predicted octanol–water partition coefficient (Wildman–Crippen LogP) is 3.41. The number of para-hydroxylation sites is 2. The Morgan fingerprint density at radius 3 is 1.91 bits per heavy atom. The molecule has 0 atom stereocenters. The number of benzene rings is 3. The second kappa shape index (κ2) is 8.38. The van der Waals surface area contributed by atoms with Gasteiger partial charge >= 0.3 is 0 Å². The minimum atomic E-state index is -0.412. The van der Waals surface area contributed by atoms with E-state index in [1.165, 1.54) is 12.1 Å². The van der Waals surface area contributed by atoms with Crippen molar-refractivity contribution in [1.29, 1.82) is 0 Å². The van der Waals surface area contributed by atoms with Crippen molar-refractivity contribution in [3.63, 3.8) is 0 Å². The lowest BCUT2D eigenvalue weighted by atomic mass is 10.1. The molecule has 1 saturated heterocycles. The van der Waals surface area contributed by atoms with Crippen LogP contribution in [0.2, 0.25) is 0 Å². The molecule has 0 unspecified atom stereocenters. The van der Waals surface area contributed by atoms with Crippen LogP contribution in [0.25, 0.3) is 21.8 Å². The molecule has 166 valence electrons. The van der Waals surface area contributed by atoms with Crippen LogP contribution in [0.1, 0.15) is 0 Å². The summed E-state index contributed by atoms with van der Waals surface area (Å²) in [5.41, 5.74) is 2.44. The molecule has 0 spiro atoms. The van der Waals surface area contributed by atoms with Crippen molar-refractivity contribution >= 4 is 39.1 Å². The number of aromatic nitrogens is 1. The lowest BCUT2D eigenvalue weighted by Gasteiger charge is -2.36. The first-order valence-electron chi connectivity index (χ1n) is 10.8. The SMILES string of the molecule is O=C(Cn1c2ccccc2c(=O)c2ccccc21)N1CCN(c2ccc([N+](=O)[O-])cc2)CC1. The van der Waals surface area contributed by atoms with Crippen molar-refractivity contribution in [2.75, 3.05) is 31.1 Å². The van der Waals surface area contributed by atoms with Crippen LogP contribution < -0.4 is 10.3 Å². The number of pyridine rings is 1. The molecule has 5 rings (SSSR count). The Labute approximate surface area is 189 Å². The summed E-state index contributed by atoms with van der Waals surface area (Å²) in [6.07, 6.45) is 0. The number of nitrogens with zero attached hydrogens (tertiary/aromatic N) is 4. The highest BCUT2D eigenvalue weighted by Crippen LogP contribution is 2.22.